The van der Waals surface area contributed by atoms with Crippen LogP contribution in [-0.2, 0) is 0 Å². The first kappa shape index (κ1) is 9.29. The van der Waals surface area contributed by atoms with Crippen molar-refractivity contribution in [2.24, 2.45) is 0 Å². The van der Waals surface area contributed by atoms with E-state index in [0.29, 0.717) is 0 Å². The van der Waals surface area contributed by atoms with Crippen LogP contribution in [0.2, 0.25) is 0 Å². The van der Waals surface area contributed by atoms with Gasteiger partial charge in [-0.1, -0.05) is 0 Å². The third-order valence-corrected chi connectivity index (χ3v) is 1.28. The minimum atomic E-state index is -2.67. The third kappa shape index (κ3) is 1.24. The first-order valence-electron chi connectivity index (χ1n) is 2.71. The molecule has 0 bridgehead atoms. The number of nitro groups is 2. The molecule has 0 radical (unpaired) electrons. The zero-order chi connectivity index (χ0) is 9.07. The van der Waals surface area contributed by atoms with Gasteiger partial charge in [0.05, 0.1) is 0 Å². The number of hydrogen-bond donors (Lipinski definition) is 0. The Balaban J connectivity index is 4.96. The molecule has 0 aliphatic heterocycles. The summed E-state index contributed by atoms with van der Waals surface area (Å²) >= 11 is 0. The molecule has 7 nitrogen and oxygen atoms in total. The monoisotopic (exact) mass is 159 g/mol. The standard InChI is InChI=1S/C4H5N3O4/c1-2-4(3-5,6(8)9)7(10)11/h2H2,1H3. The zero-order valence-corrected chi connectivity index (χ0v) is 5.68. The van der Waals surface area contributed by atoms with E-state index in [1.54, 1.807) is 0 Å². The number of rotatable bonds is 3. The summed E-state index contributed by atoms with van der Waals surface area (Å²) in [6.45, 7) is 1.22. The van der Waals surface area contributed by atoms with Crippen LogP contribution in [0, 0.1) is 31.6 Å². The molecule has 7 heteroatoms. The van der Waals surface area contributed by atoms with E-state index in [9.17, 15) is 20.2 Å². The highest BCUT2D eigenvalue weighted by atomic mass is 16.7. The maximum Gasteiger partial charge on any atom is 0.543 e. The average molecular weight is 159 g/mol. The predicted molar refractivity (Wildman–Crippen MR) is 32.6 cm³/mol. The van der Waals surface area contributed by atoms with Crippen LogP contribution in [-0.4, -0.2) is 15.5 Å². The quantitative estimate of drug-likeness (QED) is 0.331. The highest BCUT2D eigenvalue weighted by Crippen LogP contribution is 2.13. The molecule has 0 heterocycles. The Bertz CT molecular complexity index is 216. The van der Waals surface area contributed by atoms with E-state index in [0.717, 1.165) is 6.07 Å². The summed E-state index contributed by atoms with van der Waals surface area (Å²) in [5.41, 5.74) is -2.67. The highest BCUT2D eigenvalue weighted by Gasteiger charge is 2.55. The topological polar surface area (TPSA) is 110 Å². The Morgan fingerprint density at radius 2 is 1.82 bits per heavy atom. The average Bonchev–Trinajstić information content (AvgIpc) is 1.90. The van der Waals surface area contributed by atoms with Gasteiger partial charge < -0.3 is 0 Å². The van der Waals surface area contributed by atoms with Gasteiger partial charge in [0.1, 0.15) is 16.3 Å². The lowest BCUT2D eigenvalue weighted by molar-refractivity contribution is -0.778. The van der Waals surface area contributed by atoms with Crippen molar-refractivity contribution in [1.29, 1.82) is 5.26 Å². The summed E-state index contributed by atoms with van der Waals surface area (Å²) in [6.07, 6.45) is -0.441. The first-order chi connectivity index (χ1) is 5.01. The molecular weight excluding hydrogens is 154 g/mol. The van der Waals surface area contributed by atoms with Crippen molar-refractivity contribution in [2.45, 2.75) is 19.0 Å². The summed E-state index contributed by atoms with van der Waals surface area (Å²) < 4.78 is 0. The van der Waals surface area contributed by atoms with E-state index in [1.807, 2.05) is 0 Å². The molecule has 0 rings (SSSR count). The fraction of sp³-hybridized carbons (Fsp3) is 0.750. The van der Waals surface area contributed by atoms with E-state index < -0.39 is 21.9 Å². The molecule has 0 aromatic heterocycles. The van der Waals surface area contributed by atoms with Gasteiger partial charge in [-0.15, -0.1) is 0 Å². The van der Waals surface area contributed by atoms with E-state index in [2.05, 4.69) is 0 Å². The number of hydrogen-bond acceptors (Lipinski definition) is 5. The fourth-order valence-electron chi connectivity index (χ4n) is 0.486. The minimum Gasteiger partial charge on any atom is -0.257 e. The summed E-state index contributed by atoms with van der Waals surface area (Å²) in [4.78, 5) is 17.8. The van der Waals surface area contributed by atoms with Gasteiger partial charge >= 0.3 is 5.66 Å². The molecule has 0 aliphatic carbocycles. The summed E-state index contributed by atoms with van der Waals surface area (Å²) in [5, 5.41) is 28.3. The first-order valence-corrected chi connectivity index (χ1v) is 2.71. The SMILES string of the molecule is CCC(C#N)([N+](=O)[O-])[N+](=O)[O-]. The lowest BCUT2D eigenvalue weighted by Gasteiger charge is -2.05. The van der Waals surface area contributed by atoms with Gasteiger partial charge in [0.2, 0.25) is 6.07 Å². The maximum absolute atomic E-state index is 10.1. The molecule has 60 valence electrons. The van der Waals surface area contributed by atoms with E-state index in [-0.39, 0.29) is 0 Å². The predicted octanol–water partition coefficient (Wildman–Crippen LogP) is 0.170. The molecule has 0 saturated carbocycles. The molecule has 0 aromatic carbocycles. The van der Waals surface area contributed by atoms with Crippen molar-refractivity contribution in [3.05, 3.63) is 20.2 Å². The number of nitrogens with zero attached hydrogens (tertiary/aromatic N) is 3. The van der Waals surface area contributed by atoms with Gasteiger partial charge in [-0.05, 0) is 6.92 Å². The van der Waals surface area contributed by atoms with Crippen LogP contribution in [0.5, 0.6) is 0 Å². The molecule has 0 spiro atoms. The van der Waals surface area contributed by atoms with Crippen molar-refractivity contribution >= 4 is 0 Å². The van der Waals surface area contributed by atoms with Crippen molar-refractivity contribution in [1.82, 2.24) is 0 Å². The Morgan fingerprint density at radius 1 is 1.45 bits per heavy atom. The van der Waals surface area contributed by atoms with E-state index in [1.165, 1.54) is 6.92 Å². The van der Waals surface area contributed by atoms with Crippen LogP contribution in [0.25, 0.3) is 0 Å². The van der Waals surface area contributed by atoms with Crippen LogP contribution in [0.15, 0.2) is 0 Å². The Hall–Kier alpha value is -1.71. The van der Waals surface area contributed by atoms with Gasteiger partial charge in [-0.25, -0.2) is 0 Å². The second kappa shape index (κ2) is 2.92. The molecule has 11 heavy (non-hydrogen) atoms. The largest absolute Gasteiger partial charge is 0.543 e. The molecule has 0 saturated heterocycles. The minimum absolute atomic E-state index is 0.441. The van der Waals surface area contributed by atoms with E-state index in [4.69, 9.17) is 5.26 Å². The summed E-state index contributed by atoms with van der Waals surface area (Å²) in [6, 6.07) is 1.07. The zero-order valence-electron chi connectivity index (χ0n) is 5.68. The molecule has 0 atom stereocenters. The summed E-state index contributed by atoms with van der Waals surface area (Å²) in [7, 11) is 0. The van der Waals surface area contributed by atoms with Gasteiger partial charge in [-0.2, -0.15) is 5.26 Å². The third-order valence-electron chi connectivity index (χ3n) is 1.28. The van der Waals surface area contributed by atoms with Crippen molar-refractivity contribution < 1.29 is 9.85 Å². The molecule has 0 unspecified atom stereocenters. The van der Waals surface area contributed by atoms with E-state index >= 15 is 0 Å². The van der Waals surface area contributed by atoms with Gasteiger partial charge in [0, 0.05) is 0 Å². The smallest absolute Gasteiger partial charge is 0.257 e. The Labute approximate surface area is 61.5 Å². The van der Waals surface area contributed by atoms with Crippen molar-refractivity contribution in [3.63, 3.8) is 0 Å². The molecule has 0 amide bonds. The molecule has 0 aliphatic rings. The van der Waals surface area contributed by atoms with Crippen LogP contribution in [0.4, 0.5) is 0 Å². The molecule has 0 aromatic rings. The number of nitriles is 1. The Kier molecular flexibility index (Phi) is 2.46. The van der Waals surface area contributed by atoms with Crippen LogP contribution in [0.3, 0.4) is 0 Å². The highest BCUT2D eigenvalue weighted by molar-refractivity contribution is 4.90. The molecular formula is C4H5N3O4. The Morgan fingerprint density at radius 3 is 1.82 bits per heavy atom. The molecule has 0 fully saturated rings. The van der Waals surface area contributed by atoms with Crippen LogP contribution < -0.4 is 0 Å². The summed E-state index contributed by atoms with van der Waals surface area (Å²) in [5.74, 6) is 0. The van der Waals surface area contributed by atoms with Crippen molar-refractivity contribution in [3.8, 4) is 6.07 Å². The van der Waals surface area contributed by atoms with Crippen molar-refractivity contribution in [2.75, 3.05) is 0 Å². The normalized spacial score (nSPS) is 10.2. The second-order valence-corrected chi connectivity index (χ2v) is 1.80. The molecule has 0 N–H and O–H groups in total. The van der Waals surface area contributed by atoms with Gasteiger partial charge in [-0.3, -0.25) is 20.2 Å². The lowest BCUT2D eigenvalue weighted by Crippen LogP contribution is -2.44. The van der Waals surface area contributed by atoms with Gasteiger partial charge in [0.25, 0.3) is 0 Å². The van der Waals surface area contributed by atoms with Crippen LogP contribution in [0.1, 0.15) is 13.3 Å². The van der Waals surface area contributed by atoms with Gasteiger partial charge in [0.15, 0.2) is 0 Å². The fourth-order valence-corrected chi connectivity index (χ4v) is 0.486. The second-order valence-electron chi connectivity index (χ2n) is 1.80. The lowest BCUT2D eigenvalue weighted by atomic mass is 10.1. The maximum atomic E-state index is 10.1. The van der Waals surface area contributed by atoms with Crippen LogP contribution >= 0.6 is 0 Å².